The summed E-state index contributed by atoms with van der Waals surface area (Å²) in [7, 11) is 0. The second-order valence-electron chi connectivity index (χ2n) is 3.14. The number of hydrogen-bond acceptors (Lipinski definition) is 2. The molecule has 0 saturated carbocycles. The van der Waals surface area contributed by atoms with Gasteiger partial charge >= 0.3 is 0 Å². The van der Waals surface area contributed by atoms with Crippen molar-refractivity contribution in [1.29, 1.82) is 0 Å². The first-order valence-electron chi connectivity index (χ1n) is 4.56. The Labute approximate surface area is 98.3 Å². The molecule has 14 heavy (non-hydrogen) atoms. The quantitative estimate of drug-likeness (QED) is 0.582. The van der Waals surface area contributed by atoms with Crippen LogP contribution in [-0.2, 0) is 12.3 Å². The lowest BCUT2D eigenvalue weighted by molar-refractivity contribution is 1.16. The summed E-state index contributed by atoms with van der Waals surface area (Å²) in [5.74, 6) is 0.598. The number of rotatable bonds is 2. The highest BCUT2D eigenvalue weighted by atomic mass is 35.5. The van der Waals surface area contributed by atoms with E-state index in [4.69, 9.17) is 11.6 Å². The SMILES string of the molecule is CCc1sc2c(S)cccc2c1CCl. The minimum atomic E-state index is 0.598. The van der Waals surface area contributed by atoms with Gasteiger partial charge in [0.1, 0.15) is 0 Å². The molecular weight excluding hydrogens is 232 g/mol. The van der Waals surface area contributed by atoms with Crippen molar-refractivity contribution < 1.29 is 0 Å². The third-order valence-electron chi connectivity index (χ3n) is 2.34. The van der Waals surface area contributed by atoms with Gasteiger partial charge in [-0.2, -0.15) is 0 Å². The molecule has 1 heterocycles. The summed E-state index contributed by atoms with van der Waals surface area (Å²) in [6, 6.07) is 6.19. The minimum absolute atomic E-state index is 0.598. The zero-order valence-electron chi connectivity index (χ0n) is 7.88. The second kappa shape index (κ2) is 4.13. The molecule has 0 unspecified atom stereocenters. The summed E-state index contributed by atoms with van der Waals surface area (Å²) in [6.45, 7) is 2.17. The third-order valence-corrected chi connectivity index (χ3v) is 4.55. The average Bonchev–Trinajstić information content (AvgIpc) is 2.57. The van der Waals surface area contributed by atoms with Gasteiger partial charge in [-0.15, -0.1) is 35.6 Å². The van der Waals surface area contributed by atoms with E-state index in [1.165, 1.54) is 20.5 Å². The summed E-state index contributed by atoms with van der Waals surface area (Å²) >= 11 is 12.2. The second-order valence-corrected chi connectivity index (χ2v) is 5.00. The van der Waals surface area contributed by atoms with E-state index in [-0.39, 0.29) is 0 Å². The van der Waals surface area contributed by atoms with Crippen molar-refractivity contribution in [2.24, 2.45) is 0 Å². The predicted octanol–water partition coefficient (Wildman–Crippen LogP) is 4.49. The van der Waals surface area contributed by atoms with E-state index in [2.05, 4.69) is 25.6 Å². The molecule has 0 atom stereocenters. The number of fused-ring (bicyclic) bond motifs is 1. The minimum Gasteiger partial charge on any atom is -0.142 e. The Balaban J connectivity index is 2.79. The fourth-order valence-corrected chi connectivity index (χ4v) is 3.53. The molecule has 0 fully saturated rings. The summed E-state index contributed by atoms with van der Waals surface area (Å²) in [4.78, 5) is 2.44. The lowest BCUT2D eigenvalue weighted by Crippen LogP contribution is -1.81. The van der Waals surface area contributed by atoms with Gasteiger partial charge in [0.05, 0.1) is 0 Å². The predicted molar refractivity (Wildman–Crippen MR) is 68.0 cm³/mol. The molecule has 0 nitrogen and oxygen atoms in total. The van der Waals surface area contributed by atoms with Gasteiger partial charge < -0.3 is 0 Å². The van der Waals surface area contributed by atoms with E-state index >= 15 is 0 Å². The van der Waals surface area contributed by atoms with Crippen LogP contribution in [0.15, 0.2) is 23.1 Å². The van der Waals surface area contributed by atoms with E-state index in [9.17, 15) is 0 Å². The van der Waals surface area contributed by atoms with Crippen LogP contribution in [-0.4, -0.2) is 0 Å². The van der Waals surface area contributed by atoms with Gasteiger partial charge in [0.25, 0.3) is 0 Å². The van der Waals surface area contributed by atoms with Gasteiger partial charge in [-0.1, -0.05) is 19.1 Å². The molecule has 0 aliphatic carbocycles. The van der Waals surface area contributed by atoms with Crippen molar-refractivity contribution in [2.75, 3.05) is 0 Å². The number of halogens is 1. The number of hydrogen-bond donors (Lipinski definition) is 1. The lowest BCUT2D eigenvalue weighted by Gasteiger charge is -1.96. The number of aryl methyl sites for hydroxylation is 1. The highest BCUT2D eigenvalue weighted by Crippen LogP contribution is 2.36. The van der Waals surface area contributed by atoms with Gasteiger partial charge in [-0.25, -0.2) is 0 Å². The zero-order valence-corrected chi connectivity index (χ0v) is 10.3. The van der Waals surface area contributed by atoms with E-state index in [1.807, 2.05) is 23.5 Å². The van der Waals surface area contributed by atoms with Crippen molar-refractivity contribution in [3.63, 3.8) is 0 Å². The van der Waals surface area contributed by atoms with Crippen LogP contribution in [0.2, 0.25) is 0 Å². The molecule has 0 saturated heterocycles. The highest BCUT2D eigenvalue weighted by molar-refractivity contribution is 7.80. The summed E-state index contributed by atoms with van der Waals surface area (Å²) < 4.78 is 1.27. The van der Waals surface area contributed by atoms with Gasteiger partial charge in [-0.3, -0.25) is 0 Å². The largest absolute Gasteiger partial charge is 0.142 e. The Bertz CT molecular complexity index is 460. The molecule has 2 aromatic rings. The van der Waals surface area contributed by atoms with Gasteiger partial charge in [-0.05, 0) is 23.4 Å². The third kappa shape index (κ3) is 1.56. The van der Waals surface area contributed by atoms with Crippen molar-refractivity contribution in [1.82, 2.24) is 0 Å². The fourth-order valence-electron chi connectivity index (χ4n) is 1.64. The zero-order chi connectivity index (χ0) is 10.1. The monoisotopic (exact) mass is 242 g/mol. The lowest BCUT2D eigenvalue weighted by atomic mass is 10.1. The first kappa shape index (κ1) is 10.3. The molecule has 1 aromatic carbocycles. The van der Waals surface area contributed by atoms with Crippen molar-refractivity contribution in [3.8, 4) is 0 Å². The molecule has 74 valence electrons. The van der Waals surface area contributed by atoms with Crippen molar-refractivity contribution in [3.05, 3.63) is 28.6 Å². The van der Waals surface area contributed by atoms with Crippen LogP contribution in [0.3, 0.4) is 0 Å². The molecule has 1 aromatic heterocycles. The van der Waals surface area contributed by atoms with Crippen LogP contribution in [0.25, 0.3) is 10.1 Å². The Morgan fingerprint density at radius 1 is 1.43 bits per heavy atom. The smallest absolute Gasteiger partial charge is 0.0491 e. The molecule has 0 radical (unpaired) electrons. The van der Waals surface area contributed by atoms with Crippen LogP contribution in [0.1, 0.15) is 17.4 Å². The van der Waals surface area contributed by atoms with Gasteiger partial charge in [0.15, 0.2) is 0 Å². The molecule has 0 spiro atoms. The number of benzene rings is 1. The van der Waals surface area contributed by atoms with Crippen LogP contribution in [0, 0.1) is 0 Å². The van der Waals surface area contributed by atoms with E-state index in [0.29, 0.717) is 5.88 Å². The highest BCUT2D eigenvalue weighted by Gasteiger charge is 2.10. The summed E-state index contributed by atoms with van der Waals surface area (Å²) in [5, 5.41) is 1.27. The van der Waals surface area contributed by atoms with Crippen LogP contribution < -0.4 is 0 Å². The molecule has 0 N–H and O–H groups in total. The Morgan fingerprint density at radius 3 is 2.86 bits per heavy atom. The molecule has 0 aliphatic heterocycles. The molecule has 0 bridgehead atoms. The molecular formula is C11H11ClS2. The van der Waals surface area contributed by atoms with Crippen LogP contribution in [0.4, 0.5) is 0 Å². The molecule has 0 aliphatic rings. The normalized spacial score (nSPS) is 11.1. The Morgan fingerprint density at radius 2 is 2.21 bits per heavy atom. The van der Waals surface area contributed by atoms with Crippen LogP contribution >= 0.6 is 35.6 Å². The molecule has 2 rings (SSSR count). The topological polar surface area (TPSA) is 0 Å². The van der Waals surface area contributed by atoms with Crippen LogP contribution in [0.5, 0.6) is 0 Å². The van der Waals surface area contributed by atoms with Crippen molar-refractivity contribution >= 4 is 45.7 Å². The number of alkyl halides is 1. The maximum absolute atomic E-state index is 5.97. The van der Waals surface area contributed by atoms with Gasteiger partial charge in [0.2, 0.25) is 0 Å². The Kier molecular flexibility index (Phi) is 3.05. The Hall–Kier alpha value is -0.180. The van der Waals surface area contributed by atoms with E-state index in [0.717, 1.165) is 11.3 Å². The fraction of sp³-hybridized carbons (Fsp3) is 0.273. The number of thiol groups is 1. The van der Waals surface area contributed by atoms with E-state index < -0.39 is 0 Å². The summed E-state index contributed by atoms with van der Waals surface area (Å²) in [6.07, 6.45) is 1.05. The maximum Gasteiger partial charge on any atom is 0.0491 e. The first-order valence-corrected chi connectivity index (χ1v) is 6.36. The average molecular weight is 243 g/mol. The van der Waals surface area contributed by atoms with Crippen molar-refractivity contribution in [2.45, 2.75) is 24.1 Å². The first-order chi connectivity index (χ1) is 6.77. The maximum atomic E-state index is 5.97. The summed E-state index contributed by atoms with van der Waals surface area (Å²) in [5.41, 5.74) is 1.28. The molecule has 0 amide bonds. The van der Waals surface area contributed by atoms with E-state index in [1.54, 1.807) is 0 Å². The van der Waals surface area contributed by atoms with Gasteiger partial charge in [0, 0.05) is 20.4 Å². The molecule has 3 heteroatoms. The standard InChI is InChI=1S/C11H11ClS2/c1-2-10-8(6-12)7-4-3-5-9(13)11(7)14-10/h3-5,13H,2,6H2,1H3. The number of thiophene rings is 1.